The molecule has 1 aliphatic heterocycles. The largest absolute Gasteiger partial charge is 0.381 e. The quantitative estimate of drug-likeness (QED) is 0.569. The Morgan fingerprint density at radius 1 is 1.17 bits per heavy atom. The maximum Gasteiger partial charge on any atom is 0.319 e. The van der Waals surface area contributed by atoms with E-state index in [0.717, 1.165) is 43.7 Å². The van der Waals surface area contributed by atoms with Crippen molar-refractivity contribution in [2.75, 3.05) is 25.1 Å². The topological polar surface area (TPSA) is 50.4 Å². The highest BCUT2D eigenvalue weighted by Gasteiger charge is 2.34. The van der Waals surface area contributed by atoms with Gasteiger partial charge in [0, 0.05) is 41.0 Å². The molecule has 0 aromatic heterocycles. The second-order valence-corrected chi connectivity index (χ2v) is 9.39. The van der Waals surface area contributed by atoms with Crippen molar-refractivity contribution in [2.45, 2.75) is 55.6 Å². The summed E-state index contributed by atoms with van der Waals surface area (Å²) in [6.07, 6.45) is 2.97. The molecule has 156 valence electrons. The molecule has 5 heteroatoms. The molecule has 1 heterocycles. The Morgan fingerprint density at radius 3 is 2.55 bits per heavy atom. The molecule has 0 saturated carbocycles. The summed E-state index contributed by atoms with van der Waals surface area (Å²) in [6, 6.07) is 16.6. The third-order valence-corrected chi connectivity index (χ3v) is 7.04. The van der Waals surface area contributed by atoms with Crippen molar-refractivity contribution < 1.29 is 9.53 Å². The number of amides is 2. The van der Waals surface area contributed by atoms with E-state index in [0.29, 0.717) is 11.8 Å². The summed E-state index contributed by atoms with van der Waals surface area (Å²) in [7, 11) is 0. The van der Waals surface area contributed by atoms with Gasteiger partial charge in [0.1, 0.15) is 0 Å². The second-order valence-electron chi connectivity index (χ2n) is 7.88. The second kappa shape index (κ2) is 10.2. The number of anilines is 1. The van der Waals surface area contributed by atoms with Crippen LogP contribution in [0.2, 0.25) is 0 Å². The van der Waals surface area contributed by atoms with Crippen molar-refractivity contribution in [3.63, 3.8) is 0 Å². The van der Waals surface area contributed by atoms with Gasteiger partial charge in [-0.1, -0.05) is 44.2 Å². The summed E-state index contributed by atoms with van der Waals surface area (Å²) in [5.74, 6) is 0. The first-order valence-electron chi connectivity index (χ1n) is 10.5. The number of nitrogens with one attached hydrogen (secondary N) is 2. The van der Waals surface area contributed by atoms with Gasteiger partial charge in [-0.3, -0.25) is 0 Å². The van der Waals surface area contributed by atoms with Gasteiger partial charge in [0.05, 0.1) is 0 Å². The first kappa shape index (κ1) is 21.7. The first-order valence-corrected chi connectivity index (χ1v) is 11.4. The average Bonchev–Trinajstić information content (AvgIpc) is 2.75. The average molecular weight is 413 g/mol. The fourth-order valence-corrected chi connectivity index (χ4v) is 4.73. The SMILES string of the molecule is CCC(C)Sc1ccc(NC(=O)NCC2(c3ccccc3)CCOCC2)c(C)c1. The molecule has 2 N–H and O–H groups in total. The highest BCUT2D eigenvalue weighted by atomic mass is 32.2. The van der Waals surface area contributed by atoms with E-state index >= 15 is 0 Å². The van der Waals surface area contributed by atoms with Crippen LogP contribution in [-0.2, 0) is 10.2 Å². The molecule has 29 heavy (non-hydrogen) atoms. The molecule has 1 atom stereocenters. The molecule has 1 saturated heterocycles. The minimum Gasteiger partial charge on any atom is -0.381 e. The molecule has 2 aromatic carbocycles. The van der Waals surface area contributed by atoms with Crippen LogP contribution in [0.5, 0.6) is 0 Å². The Kier molecular flexibility index (Phi) is 7.62. The summed E-state index contributed by atoms with van der Waals surface area (Å²) < 4.78 is 5.58. The monoisotopic (exact) mass is 412 g/mol. The van der Waals surface area contributed by atoms with Crippen LogP contribution in [-0.4, -0.2) is 31.0 Å². The van der Waals surface area contributed by atoms with Crippen LogP contribution in [0.15, 0.2) is 53.4 Å². The fourth-order valence-electron chi connectivity index (χ4n) is 3.70. The van der Waals surface area contributed by atoms with Gasteiger partial charge in [-0.25, -0.2) is 4.79 Å². The van der Waals surface area contributed by atoms with E-state index in [1.54, 1.807) is 0 Å². The van der Waals surface area contributed by atoms with E-state index in [-0.39, 0.29) is 11.4 Å². The third kappa shape index (κ3) is 5.77. The van der Waals surface area contributed by atoms with Gasteiger partial charge < -0.3 is 15.4 Å². The van der Waals surface area contributed by atoms with E-state index in [2.05, 4.69) is 60.9 Å². The fraction of sp³-hybridized carbons (Fsp3) is 0.458. The maximum absolute atomic E-state index is 12.6. The van der Waals surface area contributed by atoms with Crippen LogP contribution in [0.3, 0.4) is 0 Å². The first-order chi connectivity index (χ1) is 14.0. The minimum atomic E-state index is -0.155. The van der Waals surface area contributed by atoms with Crippen molar-refractivity contribution in [3.8, 4) is 0 Å². The van der Waals surface area contributed by atoms with Gasteiger partial charge in [0.25, 0.3) is 0 Å². The molecule has 2 amide bonds. The molecular weight excluding hydrogens is 380 g/mol. The van der Waals surface area contributed by atoms with E-state index in [4.69, 9.17) is 4.74 Å². The lowest BCUT2D eigenvalue weighted by atomic mass is 9.74. The molecule has 0 spiro atoms. The highest BCUT2D eigenvalue weighted by molar-refractivity contribution is 7.99. The van der Waals surface area contributed by atoms with E-state index in [9.17, 15) is 4.79 Å². The van der Waals surface area contributed by atoms with Gasteiger partial charge in [-0.15, -0.1) is 11.8 Å². The number of hydrogen-bond donors (Lipinski definition) is 2. The minimum absolute atomic E-state index is 0.0668. The lowest BCUT2D eigenvalue weighted by Gasteiger charge is -2.38. The molecule has 1 fully saturated rings. The maximum atomic E-state index is 12.6. The van der Waals surface area contributed by atoms with E-state index in [1.807, 2.05) is 30.8 Å². The summed E-state index contributed by atoms with van der Waals surface area (Å²) in [5, 5.41) is 6.72. The predicted octanol–water partition coefficient (Wildman–Crippen LogP) is 5.76. The summed E-state index contributed by atoms with van der Waals surface area (Å²) >= 11 is 1.87. The Bertz CT molecular complexity index is 804. The van der Waals surface area contributed by atoms with E-state index < -0.39 is 0 Å². The highest BCUT2D eigenvalue weighted by Crippen LogP contribution is 2.34. The summed E-state index contributed by atoms with van der Waals surface area (Å²) in [6.45, 7) is 8.54. The Balaban J connectivity index is 1.62. The smallest absolute Gasteiger partial charge is 0.319 e. The van der Waals surface area contributed by atoms with Crippen molar-refractivity contribution in [1.82, 2.24) is 5.32 Å². The zero-order valence-electron chi connectivity index (χ0n) is 17.7. The molecule has 1 unspecified atom stereocenters. The van der Waals surface area contributed by atoms with Gasteiger partial charge >= 0.3 is 6.03 Å². The number of thioether (sulfide) groups is 1. The Hall–Kier alpha value is -1.98. The zero-order valence-corrected chi connectivity index (χ0v) is 18.5. The number of carbonyl (C=O) groups excluding carboxylic acids is 1. The molecule has 0 radical (unpaired) electrons. The zero-order chi connectivity index (χ0) is 20.7. The van der Waals surface area contributed by atoms with Gasteiger partial charge in [0.2, 0.25) is 0 Å². The molecule has 3 rings (SSSR count). The molecule has 2 aromatic rings. The Morgan fingerprint density at radius 2 is 1.90 bits per heavy atom. The Labute approximate surface area is 178 Å². The van der Waals surface area contributed by atoms with Crippen LogP contribution in [0, 0.1) is 6.92 Å². The summed E-state index contributed by atoms with van der Waals surface area (Å²) in [5.41, 5.74) is 3.14. The standard InChI is InChI=1S/C24H32N2O2S/c1-4-19(3)29-21-10-11-22(18(2)16-21)26-23(27)25-17-24(12-14-28-15-13-24)20-8-6-5-7-9-20/h5-11,16,19H,4,12-15,17H2,1-3H3,(H2,25,26,27). The van der Waals surface area contributed by atoms with Crippen LogP contribution in [0.25, 0.3) is 0 Å². The van der Waals surface area contributed by atoms with Crippen LogP contribution in [0.1, 0.15) is 44.2 Å². The molecule has 0 bridgehead atoms. The van der Waals surface area contributed by atoms with Crippen LogP contribution >= 0.6 is 11.8 Å². The van der Waals surface area contributed by atoms with Crippen molar-refractivity contribution in [3.05, 3.63) is 59.7 Å². The molecular formula is C24H32N2O2S. The third-order valence-electron chi connectivity index (χ3n) is 5.78. The number of rotatable bonds is 7. The number of hydrogen-bond acceptors (Lipinski definition) is 3. The number of aryl methyl sites for hydroxylation is 1. The molecule has 0 aliphatic carbocycles. The van der Waals surface area contributed by atoms with Crippen LogP contribution in [0.4, 0.5) is 10.5 Å². The lowest BCUT2D eigenvalue weighted by molar-refractivity contribution is 0.0508. The lowest BCUT2D eigenvalue weighted by Crippen LogP contribution is -2.45. The molecule has 1 aliphatic rings. The molecule has 4 nitrogen and oxygen atoms in total. The van der Waals surface area contributed by atoms with Crippen molar-refractivity contribution >= 4 is 23.5 Å². The van der Waals surface area contributed by atoms with E-state index in [1.165, 1.54) is 10.5 Å². The van der Waals surface area contributed by atoms with Crippen LogP contribution < -0.4 is 10.6 Å². The number of carbonyl (C=O) groups is 1. The van der Waals surface area contributed by atoms with Gasteiger partial charge in [-0.05, 0) is 55.5 Å². The normalized spacial score (nSPS) is 16.8. The predicted molar refractivity (Wildman–Crippen MR) is 122 cm³/mol. The van der Waals surface area contributed by atoms with Gasteiger partial charge in [-0.2, -0.15) is 0 Å². The number of urea groups is 1. The van der Waals surface area contributed by atoms with Crippen molar-refractivity contribution in [2.24, 2.45) is 0 Å². The number of benzene rings is 2. The number of ether oxygens (including phenoxy) is 1. The summed E-state index contributed by atoms with van der Waals surface area (Å²) in [4.78, 5) is 13.9. The van der Waals surface area contributed by atoms with Gasteiger partial charge in [0.15, 0.2) is 0 Å². The van der Waals surface area contributed by atoms with Crippen molar-refractivity contribution in [1.29, 1.82) is 0 Å².